The van der Waals surface area contributed by atoms with Crippen LogP contribution in [-0.4, -0.2) is 25.0 Å². The van der Waals surface area contributed by atoms with Crippen LogP contribution in [0.2, 0.25) is 0 Å². The molecule has 0 aromatic heterocycles. The predicted molar refractivity (Wildman–Crippen MR) is 53.5 cm³/mol. The second-order valence-corrected chi connectivity index (χ2v) is 2.63. The van der Waals surface area contributed by atoms with Crippen molar-refractivity contribution < 1.29 is 19.4 Å². The zero-order chi connectivity index (χ0) is 11.1. The molecule has 0 radical (unpaired) electrons. The molecule has 0 amide bonds. The first-order valence-corrected chi connectivity index (χ1v) is 4.19. The first kappa shape index (κ1) is 11.1. The van der Waals surface area contributed by atoms with Crippen LogP contribution < -0.4 is 4.74 Å². The molecule has 0 bridgehead atoms. The average Bonchev–Trinajstić information content (AvgIpc) is 2.24. The molecule has 0 fully saturated rings. The van der Waals surface area contributed by atoms with Gasteiger partial charge in [-0.05, 0) is 18.2 Å². The van der Waals surface area contributed by atoms with E-state index in [4.69, 9.17) is 14.6 Å². The molecule has 0 saturated carbocycles. The number of carbonyl (C=O) groups is 1. The van der Waals surface area contributed by atoms with E-state index in [9.17, 15) is 4.79 Å². The molecule has 0 atom stereocenters. The Bertz CT molecular complexity index is 401. The monoisotopic (exact) mass is 206 g/mol. The molecule has 4 nitrogen and oxygen atoms in total. The molecule has 0 aliphatic heterocycles. The number of ether oxygens (including phenoxy) is 2. The first-order valence-electron chi connectivity index (χ1n) is 4.19. The molecule has 0 aliphatic carbocycles. The van der Waals surface area contributed by atoms with Crippen molar-refractivity contribution in [3.63, 3.8) is 0 Å². The Morgan fingerprint density at radius 3 is 3.00 bits per heavy atom. The highest BCUT2D eigenvalue weighted by molar-refractivity contribution is 5.87. The van der Waals surface area contributed by atoms with Crippen molar-refractivity contribution in [2.75, 3.05) is 13.9 Å². The van der Waals surface area contributed by atoms with Crippen molar-refractivity contribution in [2.24, 2.45) is 0 Å². The predicted octanol–water partition coefficient (Wildman–Crippen LogP) is 1.11. The number of methoxy groups -OCH3 is 1. The van der Waals surface area contributed by atoms with Gasteiger partial charge < -0.3 is 14.6 Å². The molecule has 0 heterocycles. The van der Waals surface area contributed by atoms with E-state index in [1.807, 2.05) is 5.92 Å². The van der Waals surface area contributed by atoms with Gasteiger partial charge in [-0.1, -0.05) is 12.0 Å². The van der Waals surface area contributed by atoms with Crippen molar-refractivity contribution in [2.45, 2.75) is 0 Å². The van der Waals surface area contributed by atoms with Crippen molar-refractivity contribution in [1.29, 1.82) is 0 Å². The molecule has 4 heteroatoms. The third-order valence-electron chi connectivity index (χ3n) is 1.49. The van der Waals surface area contributed by atoms with Gasteiger partial charge >= 0.3 is 5.97 Å². The Morgan fingerprint density at radius 2 is 2.33 bits per heavy atom. The summed E-state index contributed by atoms with van der Waals surface area (Å²) in [6.45, 7) is 0.149. The van der Waals surface area contributed by atoms with Crippen LogP contribution in [0.4, 0.5) is 0 Å². The summed E-state index contributed by atoms with van der Waals surface area (Å²) in [6.07, 6.45) is 0. The van der Waals surface area contributed by atoms with E-state index in [-0.39, 0.29) is 6.79 Å². The highest BCUT2D eigenvalue weighted by atomic mass is 16.7. The molecule has 0 spiro atoms. The van der Waals surface area contributed by atoms with E-state index >= 15 is 0 Å². The van der Waals surface area contributed by atoms with Gasteiger partial charge in [-0.15, -0.1) is 0 Å². The van der Waals surface area contributed by atoms with Gasteiger partial charge in [-0.3, -0.25) is 0 Å². The third-order valence-corrected chi connectivity index (χ3v) is 1.49. The minimum Gasteiger partial charge on any atom is -0.472 e. The van der Waals surface area contributed by atoms with Crippen LogP contribution in [0.15, 0.2) is 24.3 Å². The summed E-state index contributed by atoms with van der Waals surface area (Å²) in [7, 11) is 1.52. The Hall–Kier alpha value is -1.99. The van der Waals surface area contributed by atoms with Crippen LogP contribution in [-0.2, 0) is 9.53 Å². The molecule has 1 N–H and O–H groups in total. The minimum atomic E-state index is -1.15. The fraction of sp³-hybridized carbons (Fsp3) is 0.182. The Labute approximate surface area is 87.4 Å². The third kappa shape index (κ3) is 4.16. The van der Waals surface area contributed by atoms with Gasteiger partial charge in [0.05, 0.1) is 0 Å². The topological polar surface area (TPSA) is 55.8 Å². The van der Waals surface area contributed by atoms with Gasteiger partial charge in [-0.25, -0.2) is 4.79 Å². The second-order valence-electron chi connectivity index (χ2n) is 2.63. The SMILES string of the molecule is COCOc1cccc(C#CC(=O)O)c1. The van der Waals surface area contributed by atoms with Crippen molar-refractivity contribution in [1.82, 2.24) is 0 Å². The lowest BCUT2D eigenvalue weighted by atomic mass is 10.2. The van der Waals surface area contributed by atoms with Crippen LogP contribution in [0.3, 0.4) is 0 Å². The normalized spacial score (nSPS) is 8.87. The fourth-order valence-corrected chi connectivity index (χ4v) is 0.916. The Morgan fingerprint density at radius 1 is 1.53 bits per heavy atom. The first-order chi connectivity index (χ1) is 7.22. The Kier molecular flexibility index (Phi) is 4.20. The molecule has 0 unspecified atom stereocenters. The summed E-state index contributed by atoms with van der Waals surface area (Å²) < 4.78 is 9.90. The van der Waals surface area contributed by atoms with E-state index in [0.717, 1.165) is 0 Å². The van der Waals surface area contributed by atoms with Gasteiger partial charge in [0.15, 0.2) is 6.79 Å². The van der Waals surface area contributed by atoms with Crippen LogP contribution in [0.25, 0.3) is 0 Å². The van der Waals surface area contributed by atoms with Crippen LogP contribution in [0, 0.1) is 11.8 Å². The number of hydrogen-bond acceptors (Lipinski definition) is 3. The summed E-state index contributed by atoms with van der Waals surface area (Å²) in [4.78, 5) is 10.2. The quantitative estimate of drug-likeness (QED) is 0.594. The van der Waals surface area contributed by atoms with Crippen molar-refractivity contribution >= 4 is 5.97 Å². The standard InChI is InChI=1S/C11H10O4/c1-14-8-15-10-4-2-3-9(7-10)5-6-11(12)13/h2-4,7H,8H2,1H3,(H,12,13). The van der Waals surface area contributed by atoms with Gasteiger partial charge in [0.2, 0.25) is 0 Å². The van der Waals surface area contributed by atoms with Gasteiger partial charge in [0.25, 0.3) is 0 Å². The van der Waals surface area contributed by atoms with E-state index in [0.29, 0.717) is 11.3 Å². The van der Waals surface area contributed by atoms with E-state index < -0.39 is 5.97 Å². The number of aliphatic carboxylic acids is 1. The summed E-state index contributed by atoms with van der Waals surface area (Å²) >= 11 is 0. The molecule has 78 valence electrons. The van der Waals surface area contributed by atoms with Crippen LogP contribution in [0.5, 0.6) is 5.75 Å². The Balaban J connectivity index is 2.75. The molecular weight excluding hydrogens is 196 g/mol. The summed E-state index contributed by atoms with van der Waals surface area (Å²) in [5, 5.41) is 8.36. The highest BCUT2D eigenvalue weighted by Crippen LogP contribution is 2.12. The lowest BCUT2D eigenvalue weighted by Gasteiger charge is -2.03. The number of hydrogen-bond donors (Lipinski definition) is 1. The van der Waals surface area contributed by atoms with Crippen LogP contribution >= 0.6 is 0 Å². The summed E-state index contributed by atoms with van der Waals surface area (Å²) in [5.41, 5.74) is 0.589. The highest BCUT2D eigenvalue weighted by Gasteiger charge is 1.94. The molecular formula is C11H10O4. The number of benzene rings is 1. The van der Waals surface area contributed by atoms with E-state index in [1.165, 1.54) is 7.11 Å². The number of carboxylic acid groups (broad SMARTS) is 1. The fourth-order valence-electron chi connectivity index (χ4n) is 0.916. The van der Waals surface area contributed by atoms with E-state index in [2.05, 4.69) is 5.92 Å². The van der Waals surface area contributed by atoms with Crippen molar-refractivity contribution in [3.05, 3.63) is 29.8 Å². The number of rotatable bonds is 3. The van der Waals surface area contributed by atoms with Gasteiger partial charge in [0, 0.05) is 18.6 Å². The molecule has 1 aromatic rings. The smallest absolute Gasteiger partial charge is 0.382 e. The lowest BCUT2D eigenvalue weighted by molar-refractivity contribution is -0.130. The zero-order valence-electron chi connectivity index (χ0n) is 8.19. The molecule has 1 rings (SSSR count). The summed E-state index contributed by atoms with van der Waals surface area (Å²) in [6, 6.07) is 6.83. The second kappa shape index (κ2) is 5.68. The van der Waals surface area contributed by atoms with E-state index in [1.54, 1.807) is 24.3 Å². The zero-order valence-corrected chi connectivity index (χ0v) is 8.19. The molecule has 0 aliphatic rings. The number of carboxylic acids is 1. The lowest BCUT2D eigenvalue weighted by Crippen LogP contribution is -1.98. The van der Waals surface area contributed by atoms with Gasteiger partial charge in [-0.2, -0.15) is 0 Å². The van der Waals surface area contributed by atoms with Crippen molar-refractivity contribution in [3.8, 4) is 17.6 Å². The minimum absolute atomic E-state index is 0.149. The van der Waals surface area contributed by atoms with Gasteiger partial charge in [0.1, 0.15) is 5.75 Å². The molecule has 15 heavy (non-hydrogen) atoms. The molecule has 0 saturated heterocycles. The maximum Gasteiger partial charge on any atom is 0.382 e. The molecule has 1 aromatic carbocycles. The average molecular weight is 206 g/mol. The maximum absolute atomic E-state index is 10.2. The van der Waals surface area contributed by atoms with Crippen LogP contribution in [0.1, 0.15) is 5.56 Å². The largest absolute Gasteiger partial charge is 0.472 e. The maximum atomic E-state index is 10.2. The summed E-state index contributed by atoms with van der Waals surface area (Å²) in [5.74, 6) is 3.95.